The number of carbonyl (C=O) groups excluding carboxylic acids is 2. The lowest BCUT2D eigenvalue weighted by Crippen LogP contribution is -2.24. The number of benzene rings is 1. The van der Waals surface area contributed by atoms with E-state index in [0.717, 1.165) is 18.7 Å². The van der Waals surface area contributed by atoms with E-state index in [9.17, 15) is 9.59 Å². The van der Waals surface area contributed by atoms with Crippen molar-refractivity contribution in [3.63, 3.8) is 0 Å². The number of ether oxygens (including phenoxy) is 1. The Balaban J connectivity index is 1.65. The fraction of sp³-hybridized carbons (Fsp3) is 0.316. The van der Waals surface area contributed by atoms with Crippen LogP contribution in [0.2, 0.25) is 0 Å². The largest absolute Gasteiger partial charge is 0.450 e. The van der Waals surface area contributed by atoms with Crippen LogP contribution >= 0.6 is 0 Å². The first-order chi connectivity index (χ1) is 12.6. The predicted molar refractivity (Wildman–Crippen MR) is 99.5 cm³/mol. The molecular weight excluding hydrogens is 332 g/mol. The molecule has 3 rings (SSSR count). The fourth-order valence-corrected chi connectivity index (χ4v) is 2.91. The van der Waals surface area contributed by atoms with Gasteiger partial charge in [-0.05, 0) is 49.2 Å². The summed E-state index contributed by atoms with van der Waals surface area (Å²) in [5.74, 6) is -0.212. The second kappa shape index (κ2) is 7.86. The molecule has 2 amide bonds. The van der Waals surface area contributed by atoms with Crippen LogP contribution in [0.3, 0.4) is 0 Å². The van der Waals surface area contributed by atoms with E-state index in [-0.39, 0.29) is 12.5 Å². The molecule has 0 atom stereocenters. The van der Waals surface area contributed by atoms with Gasteiger partial charge in [-0.2, -0.15) is 0 Å². The number of nitrogens with zero attached hydrogens (tertiary/aromatic N) is 2. The summed E-state index contributed by atoms with van der Waals surface area (Å²) in [5, 5.41) is 5.51. The highest BCUT2D eigenvalue weighted by Gasteiger charge is 2.16. The Morgan fingerprint density at radius 2 is 2.12 bits per heavy atom. The van der Waals surface area contributed by atoms with E-state index >= 15 is 0 Å². The number of likely N-dealkylation sites (N-methyl/N-ethyl adjacent to an activating group) is 1. The molecule has 2 N–H and O–H groups in total. The molecule has 0 aliphatic carbocycles. The zero-order chi connectivity index (χ0) is 18.5. The van der Waals surface area contributed by atoms with Crippen molar-refractivity contribution in [3.05, 3.63) is 53.3 Å². The number of aromatic nitrogens is 1. The smallest absolute Gasteiger partial charge is 0.407 e. The van der Waals surface area contributed by atoms with Crippen LogP contribution in [0, 0.1) is 0 Å². The van der Waals surface area contributed by atoms with E-state index in [0.29, 0.717) is 17.9 Å². The minimum Gasteiger partial charge on any atom is -0.450 e. The second-order valence-corrected chi connectivity index (χ2v) is 6.08. The molecule has 7 nitrogen and oxygen atoms in total. The Labute approximate surface area is 152 Å². The first kappa shape index (κ1) is 17.7. The molecule has 1 aromatic heterocycles. The molecule has 2 heterocycles. The van der Waals surface area contributed by atoms with Crippen LogP contribution in [0.4, 0.5) is 16.2 Å². The molecule has 7 heteroatoms. The van der Waals surface area contributed by atoms with Gasteiger partial charge >= 0.3 is 6.09 Å². The average molecular weight is 354 g/mol. The highest BCUT2D eigenvalue weighted by Crippen LogP contribution is 2.29. The van der Waals surface area contributed by atoms with Gasteiger partial charge in [0.15, 0.2) is 0 Å². The van der Waals surface area contributed by atoms with Crippen LogP contribution in [-0.2, 0) is 17.7 Å². The minimum absolute atomic E-state index is 0.200. The second-order valence-electron chi connectivity index (χ2n) is 6.08. The number of hydrogen-bond acceptors (Lipinski definition) is 5. The molecule has 1 aliphatic heterocycles. The summed E-state index contributed by atoms with van der Waals surface area (Å²) in [6, 6.07) is 9.25. The van der Waals surface area contributed by atoms with E-state index in [2.05, 4.69) is 27.6 Å². The summed E-state index contributed by atoms with van der Waals surface area (Å²) >= 11 is 0. The highest BCUT2D eigenvalue weighted by molar-refractivity contribution is 6.04. The Hall–Kier alpha value is -3.09. The van der Waals surface area contributed by atoms with Crippen molar-refractivity contribution in [2.45, 2.75) is 19.9 Å². The summed E-state index contributed by atoms with van der Waals surface area (Å²) in [6.07, 6.45) is 2.02. The van der Waals surface area contributed by atoms with Crippen molar-refractivity contribution in [1.82, 2.24) is 10.3 Å². The van der Waals surface area contributed by atoms with Gasteiger partial charge in [-0.15, -0.1) is 0 Å². The molecule has 0 unspecified atom stereocenters. The van der Waals surface area contributed by atoms with Crippen molar-refractivity contribution in [3.8, 4) is 0 Å². The van der Waals surface area contributed by atoms with Gasteiger partial charge in [0.25, 0.3) is 5.91 Å². The van der Waals surface area contributed by atoms with Crippen LogP contribution < -0.4 is 15.5 Å². The van der Waals surface area contributed by atoms with E-state index in [1.165, 1.54) is 11.3 Å². The van der Waals surface area contributed by atoms with Gasteiger partial charge in [0.2, 0.25) is 0 Å². The fourth-order valence-electron chi connectivity index (χ4n) is 2.91. The molecule has 1 aliphatic rings. The van der Waals surface area contributed by atoms with Crippen LogP contribution in [0.5, 0.6) is 0 Å². The number of nitrogens with one attached hydrogen (secondary N) is 2. The summed E-state index contributed by atoms with van der Waals surface area (Å²) in [7, 11) is 2.06. The van der Waals surface area contributed by atoms with Crippen molar-refractivity contribution in [2.24, 2.45) is 0 Å². The third-order valence-electron chi connectivity index (χ3n) is 4.23. The van der Waals surface area contributed by atoms with Crippen LogP contribution in [0.1, 0.15) is 28.5 Å². The lowest BCUT2D eigenvalue weighted by molar-refractivity contribution is 0.102. The monoisotopic (exact) mass is 354 g/mol. The lowest BCUT2D eigenvalue weighted by atomic mass is 10.1. The number of amides is 2. The molecular formula is C19H22N4O3. The third kappa shape index (κ3) is 4.11. The molecule has 0 saturated carbocycles. The van der Waals surface area contributed by atoms with E-state index in [4.69, 9.17) is 4.74 Å². The SMILES string of the molecule is CCOC(=O)NCc1cc(C(=O)Nc2ccc3c(c2)CCN3C)ccn1. The topological polar surface area (TPSA) is 83.6 Å². The first-order valence-electron chi connectivity index (χ1n) is 8.58. The quantitative estimate of drug-likeness (QED) is 0.862. The Morgan fingerprint density at radius 3 is 2.92 bits per heavy atom. The van der Waals surface area contributed by atoms with Crippen molar-refractivity contribution in [1.29, 1.82) is 0 Å². The average Bonchev–Trinajstić information content (AvgIpc) is 3.01. The molecule has 0 fully saturated rings. The molecule has 26 heavy (non-hydrogen) atoms. The summed E-state index contributed by atoms with van der Waals surface area (Å²) < 4.78 is 4.80. The van der Waals surface area contributed by atoms with Crippen LogP contribution in [0.15, 0.2) is 36.5 Å². The van der Waals surface area contributed by atoms with Crippen LogP contribution in [0.25, 0.3) is 0 Å². The van der Waals surface area contributed by atoms with E-state index < -0.39 is 6.09 Å². The number of anilines is 2. The van der Waals surface area contributed by atoms with E-state index in [1.54, 1.807) is 25.3 Å². The highest BCUT2D eigenvalue weighted by atomic mass is 16.5. The Morgan fingerprint density at radius 1 is 1.27 bits per heavy atom. The van der Waals surface area contributed by atoms with E-state index in [1.807, 2.05) is 18.2 Å². The summed E-state index contributed by atoms with van der Waals surface area (Å²) in [5.41, 5.74) is 4.28. The van der Waals surface area contributed by atoms with Crippen molar-refractivity contribution in [2.75, 3.05) is 30.4 Å². The van der Waals surface area contributed by atoms with Crippen LogP contribution in [-0.4, -0.2) is 37.2 Å². The number of carbonyl (C=O) groups is 2. The maximum atomic E-state index is 12.5. The predicted octanol–water partition coefficient (Wildman–Crippen LogP) is 2.57. The number of pyridine rings is 1. The van der Waals surface area contributed by atoms with Crippen molar-refractivity contribution >= 4 is 23.4 Å². The van der Waals surface area contributed by atoms with Gasteiger partial charge in [0, 0.05) is 36.7 Å². The van der Waals surface area contributed by atoms with Gasteiger partial charge in [-0.25, -0.2) is 4.79 Å². The molecule has 0 saturated heterocycles. The maximum Gasteiger partial charge on any atom is 0.407 e. The van der Waals surface area contributed by atoms with Gasteiger partial charge in [-0.3, -0.25) is 9.78 Å². The summed E-state index contributed by atoms with van der Waals surface area (Å²) in [6.45, 7) is 3.23. The third-order valence-corrected chi connectivity index (χ3v) is 4.23. The molecule has 0 radical (unpaired) electrons. The van der Waals surface area contributed by atoms with Gasteiger partial charge in [0.05, 0.1) is 18.8 Å². The summed E-state index contributed by atoms with van der Waals surface area (Å²) in [4.78, 5) is 30.2. The van der Waals surface area contributed by atoms with Gasteiger partial charge < -0.3 is 20.3 Å². The number of hydrogen-bond donors (Lipinski definition) is 2. The maximum absolute atomic E-state index is 12.5. The number of fused-ring (bicyclic) bond motifs is 1. The first-order valence-corrected chi connectivity index (χ1v) is 8.58. The van der Waals surface area contributed by atoms with Gasteiger partial charge in [0.1, 0.15) is 0 Å². The standard InChI is InChI=1S/C19H22N4O3/c1-3-26-19(25)21-12-16-11-14(6-8-20-16)18(24)22-15-4-5-17-13(10-15)7-9-23(17)2/h4-6,8,10-11H,3,7,9,12H2,1-2H3,(H,21,25)(H,22,24). The molecule has 0 spiro atoms. The normalized spacial score (nSPS) is 12.5. The number of alkyl carbamates (subject to hydrolysis) is 1. The van der Waals surface area contributed by atoms with Gasteiger partial charge in [-0.1, -0.05) is 0 Å². The lowest BCUT2D eigenvalue weighted by Gasteiger charge is -2.12. The Kier molecular flexibility index (Phi) is 5.36. The van der Waals surface area contributed by atoms with Crippen molar-refractivity contribution < 1.29 is 14.3 Å². The zero-order valence-corrected chi connectivity index (χ0v) is 14.9. The Bertz CT molecular complexity index is 822. The zero-order valence-electron chi connectivity index (χ0n) is 14.9. The minimum atomic E-state index is -0.507. The molecule has 0 bridgehead atoms. The molecule has 2 aromatic rings. The number of rotatable bonds is 5. The molecule has 1 aromatic carbocycles. The molecule has 136 valence electrons.